The van der Waals surface area contributed by atoms with Gasteiger partial charge in [0.05, 0.1) is 0 Å². The molecule has 0 amide bonds. The van der Waals surface area contributed by atoms with Crippen molar-refractivity contribution in [1.29, 1.82) is 0 Å². The summed E-state index contributed by atoms with van der Waals surface area (Å²) in [4.78, 5) is 24.4. The summed E-state index contributed by atoms with van der Waals surface area (Å²) in [6, 6.07) is 2.66. The van der Waals surface area contributed by atoms with Crippen LogP contribution in [-0.2, 0) is 0 Å². The Morgan fingerprint density at radius 3 is 2.91 bits per heavy atom. The van der Waals surface area contributed by atoms with Crippen LogP contribution in [0.2, 0.25) is 0 Å². The number of nitrogens with zero attached hydrogens (tertiary/aromatic N) is 1. The average Bonchev–Trinajstić information content (AvgIpc) is 2.31. The maximum atomic E-state index is 11.0. The quantitative estimate of drug-likeness (QED) is 0.523. The summed E-state index contributed by atoms with van der Waals surface area (Å²) < 4.78 is 1.16. The molecule has 0 fully saturated rings. The van der Waals surface area contributed by atoms with Crippen LogP contribution in [0.3, 0.4) is 0 Å². The zero-order valence-electron chi connectivity index (χ0n) is 5.50. The fourth-order valence-electron chi connectivity index (χ4n) is 0.944. The normalized spacial score (nSPS) is 10.5. The first-order valence-corrected chi connectivity index (χ1v) is 3.07. The number of aromatic nitrogens is 3. The van der Waals surface area contributed by atoms with E-state index in [2.05, 4.69) is 10.1 Å². The Labute approximate surface area is 60.3 Å². The summed E-state index contributed by atoms with van der Waals surface area (Å²) in [5.74, 6) is 0. The molecule has 0 aliphatic rings. The van der Waals surface area contributed by atoms with Gasteiger partial charge in [-0.1, -0.05) is 0 Å². The first-order valence-electron chi connectivity index (χ1n) is 3.07. The van der Waals surface area contributed by atoms with E-state index in [1.807, 2.05) is 0 Å². The Bertz CT molecular complexity index is 490. The van der Waals surface area contributed by atoms with Crippen LogP contribution >= 0.6 is 0 Å². The van der Waals surface area contributed by atoms with Crippen molar-refractivity contribution in [1.82, 2.24) is 14.6 Å². The Kier molecular flexibility index (Phi) is 1.00. The van der Waals surface area contributed by atoms with E-state index < -0.39 is 0 Å². The van der Waals surface area contributed by atoms with E-state index >= 15 is 0 Å². The minimum absolute atomic E-state index is 0.249. The molecular weight excluding hydrogens is 146 g/mol. The van der Waals surface area contributed by atoms with E-state index in [0.717, 1.165) is 4.52 Å². The zero-order chi connectivity index (χ0) is 7.84. The highest BCUT2D eigenvalue weighted by molar-refractivity contribution is 5.34. The van der Waals surface area contributed by atoms with Crippen LogP contribution in [0.4, 0.5) is 0 Å². The van der Waals surface area contributed by atoms with E-state index in [9.17, 15) is 9.59 Å². The lowest BCUT2D eigenvalue weighted by atomic mass is 10.6. The molecule has 0 aliphatic heterocycles. The second-order valence-electron chi connectivity index (χ2n) is 2.16. The lowest BCUT2D eigenvalue weighted by Gasteiger charge is -1.88. The van der Waals surface area contributed by atoms with Gasteiger partial charge in [0, 0.05) is 18.3 Å². The number of H-pyrrole nitrogens is 2. The van der Waals surface area contributed by atoms with Crippen molar-refractivity contribution in [2.75, 3.05) is 0 Å². The van der Waals surface area contributed by atoms with Gasteiger partial charge in [-0.05, 0) is 0 Å². The molecule has 2 heterocycles. The molecule has 0 unspecified atom stereocenters. The van der Waals surface area contributed by atoms with Crippen molar-refractivity contribution in [2.45, 2.75) is 0 Å². The third kappa shape index (κ3) is 0.778. The number of fused-ring (bicyclic) bond motifs is 1. The smallest absolute Gasteiger partial charge is 0.272 e. The summed E-state index contributed by atoms with van der Waals surface area (Å²) in [6.07, 6.45) is 1.49. The monoisotopic (exact) mass is 151 g/mol. The van der Waals surface area contributed by atoms with Gasteiger partial charge in [-0.15, -0.1) is 0 Å². The van der Waals surface area contributed by atoms with Crippen LogP contribution in [0.1, 0.15) is 0 Å². The van der Waals surface area contributed by atoms with Crippen molar-refractivity contribution >= 4 is 5.65 Å². The molecular formula is C6H5N3O2. The third-order valence-electron chi connectivity index (χ3n) is 1.41. The fourth-order valence-corrected chi connectivity index (χ4v) is 0.944. The number of hydrogen-bond acceptors (Lipinski definition) is 2. The highest BCUT2D eigenvalue weighted by atomic mass is 16.1. The summed E-state index contributed by atoms with van der Waals surface area (Å²) in [6.45, 7) is 0. The van der Waals surface area contributed by atoms with E-state index in [0.29, 0.717) is 5.65 Å². The first-order chi connectivity index (χ1) is 5.27. The van der Waals surface area contributed by atoms with E-state index in [-0.39, 0.29) is 11.1 Å². The van der Waals surface area contributed by atoms with Gasteiger partial charge >= 0.3 is 0 Å². The van der Waals surface area contributed by atoms with Crippen LogP contribution in [0.25, 0.3) is 5.65 Å². The van der Waals surface area contributed by atoms with Gasteiger partial charge in [0.25, 0.3) is 11.1 Å². The number of nitrogens with one attached hydrogen (secondary N) is 2. The molecule has 2 N–H and O–H groups in total. The van der Waals surface area contributed by atoms with Crippen molar-refractivity contribution in [3.8, 4) is 0 Å². The maximum absolute atomic E-state index is 11.0. The van der Waals surface area contributed by atoms with E-state index in [4.69, 9.17) is 0 Å². The summed E-state index contributed by atoms with van der Waals surface area (Å²) in [5.41, 5.74) is -0.0621. The van der Waals surface area contributed by atoms with Gasteiger partial charge in [-0.25, -0.2) is 4.52 Å². The van der Waals surface area contributed by atoms with Crippen molar-refractivity contribution in [2.24, 2.45) is 0 Å². The van der Waals surface area contributed by atoms with Crippen LogP contribution in [0.5, 0.6) is 0 Å². The van der Waals surface area contributed by atoms with Gasteiger partial charge < -0.3 is 4.98 Å². The molecule has 0 saturated carbocycles. The Morgan fingerprint density at radius 2 is 2.18 bits per heavy atom. The molecule has 5 heteroatoms. The molecule has 0 atom stereocenters. The molecule has 0 saturated heterocycles. The van der Waals surface area contributed by atoms with Crippen LogP contribution < -0.4 is 11.1 Å². The fraction of sp³-hybridized carbons (Fsp3) is 0. The number of aromatic amines is 2. The second-order valence-corrected chi connectivity index (χ2v) is 2.16. The van der Waals surface area contributed by atoms with Crippen molar-refractivity contribution < 1.29 is 0 Å². The van der Waals surface area contributed by atoms with E-state index in [1.54, 1.807) is 0 Å². The average molecular weight is 151 g/mol. The molecule has 11 heavy (non-hydrogen) atoms. The third-order valence-corrected chi connectivity index (χ3v) is 1.41. The summed E-state index contributed by atoms with van der Waals surface area (Å²) in [5, 5.41) is 2.34. The van der Waals surface area contributed by atoms with Gasteiger partial charge in [0.15, 0.2) is 0 Å². The van der Waals surface area contributed by atoms with Gasteiger partial charge in [0.2, 0.25) is 0 Å². The molecule has 0 radical (unpaired) electrons. The molecule has 2 aromatic rings. The van der Waals surface area contributed by atoms with Crippen molar-refractivity contribution in [3.63, 3.8) is 0 Å². The molecule has 2 rings (SSSR count). The lowest BCUT2D eigenvalue weighted by Crippen LogP contribution is -2.14. The number of rotatable bonds is 0. The predicted molar refractivity (Wildman–Crippen MR) is 38.6 cm³/mol. The van der Waals surface area contributed by atoms with Gasteiger partial charge in [-0.2, -0.15) is 0 Å². The molecule has 0 bridgehead atoms. The second kappa shape index (κ2) is 1.85. The Hall–Kier alpha value is -1.78. The topological polar surface area (TPSA) is 70.1 Å². The molecule has 56 valence electrons. The van der Waals surface area contributed by atoms with E-state index in [1.165, 1.54) is 18.3 Å². The predicted octanol–water partition coefficient (Wildman–Crippen LogP) is -0.684. The molecule has 0 aliphatic carbocycles. The molecule has 0 spiro atoms. The maximum Gasteiger partial charge on any atom is 0.272 e. The first kappa shape index (κ1) is 5.96. The Balaban J connectivity index is 3.14. The Morgan fingerprint density at radius 1 is 1.36 bits per heavy atom. The van der Waals surface area contributed by atoms with Crippen LogP contribution in [-0.4, -0.2) is 14.6 Å². The minimum Gasteiger partial charge on any atom is -0.346 e. The van der Waals surface area contributed by atoms with Crippen molar-refractivity contribution in [3.05, 3.63) is 39.0 Å². The summed E-state index contributed by atoms with van der Waals surface area (Å²) in [7, 11) is 0. The van der Waals surface area contributed by atoms with Gasteiger partial charge in [0.1, 0.15) is 5.65 Å². The molecule has 0 aromatic carbocycles. The minimum atomic E-state index is -0.287. The van der Waals surface area contributed by atoms with Crippen LogP contribution in [0, 0.1) is 0 Å². The highest BCUT2D eigenvalue weighted by Gasteiger charge is 1.96. The molecule has 2 aromatic heterocycles. The van der Waals surface area contributed by atoms with Crippen LogP contribution in [0.15, 0.2) is 27.9 Å². The standard InChI is InChI=1S/C6H5N3O2/c10-5-3-4-7-2-1-6(11)9(4)8-5/h1-3,7H,(H,8,10). The summed E-state index contributed by atoms with van der Waals surface area (Å²) >= 11 is 0. The lowest BCUT2D eigenvalue weighted by molar-refractivity contribution is 0.883. The molecule has 5 nitrogen and oxygen atoms in total. The van der Waals surface area contributed by atoms with Gasteiger partial charge in [-0.3, -0.25) is 14.7 Å². The highest BCUT2D eigenvalue weighted by Crippen LogP contribution is 1.84. The zero-order valence-corrected chi connectivity index (χ0v) is 5.50. The SMILES string of the molecule is O=c1cc2[nH]ccc(=O)n2[nH]1. The number of hydrogen-bond donors (Lipinski definition) is 2. The largest absolute Gasteiger partial charge is 0.346 e.